The molecular formula is C12H21N5O. The minimum atomic E-state index is 0.0427. The van der Waals surface area contributed by atoms with Gasteiger partial charge in [-0.25, -0.2) is 4.68 Å². The summed E-state index contributed by atoms with van der Waals surface area (Å²) < 4.78 is 7.64. The van der Waals surface area contributed by atoms with Gasteiger partial charge in [-0.15, -0.1) is 0 Å². The molecule has 0 amide bonds. The predicted octanol–water partition coefficient (Wildman–Crippen LogP) is 0.0568. The van der Waals surface area contributed by atoms with Crippen LogP contribution in [0.4, 0.5) is 5.82 Å². The Morgan fingerprint density at radius 2 is 2.00 bits per heavy atom. The molecule has 0 aliphatic carbocycles. The summed E-state index contributed by atoms with van der Waals surface area (Å²) in [6.07, 6.45) is 5.48. The fraction of sp³-hybridized carbons (Fsp3) is 0.750. The van der Waals surface area contributed by atoms with E-state index in [0.29, 0.717) is 0 Å². The molecule has 2 aliphatic heterocycles. The Balaban J connectivity index is 1.69. The van der Waals surface area contributed by atoms with Crippen molar-refractivity contribution in [1.29, 1.82) is 0 Å². The maximum atomic E-state index is 5.93. The molecule has 0 saturated carbocycles. The van der Waals surface area contributed by atoms with Crippen LogP contribution >= 0.6 is 0 Å². The molecule has 3 unspecified atom stereocenters. The van der Waals surface area contributed by atoms with Crippen LogP contribution in [-0.2, 0) is 4.74 Å². The van der Waals surface area contributed by atoms with Crippen molar-refractivity contribution in [3.05, 3.63) is 12.3 Å². The van der Waals surface area contributed by atoms with Gasteiger partial charge in [0.2, 0.25) is 0 Å². The molecule has 0 spiro atoms. The van der Waals surface area contributed by atoms with Crippen LogP contribution < -0.4 is 16.4 Å². The molecule has 2 saturated heterocycles. The van der Waals surface area contributed by atoms with E-state index in [2.05, 4.69) is 10.00 Å². The van der Waals surface area contributed by atoms with Crippen LogP contribution in [0.15, 0.2) is 12.3 Å². The van der Waals surface area contributed by atoms with Crippen molar-refractivity contribution in [2.24, 2.45) is 11.5 Å². The van der Waals surface area contributed by atoms with Crippen LogP contribution in [0.1, 0.15) is 25.5 Å². The zero-order valence-corrected chi connectivity index (χ0v) is 10.5. The van der Waals surface area contributed by atoms with Crippen molar-refractivity contribution in [1.82, 2.24) is 9.78 Å². The fourth-order valence-electron chi connectivity index (χ4n) is 2.63. The van der Waals surface area contributed by atoms with Crippen LogP contribution in [0.25, 0.3) is 0 Å². The van der Waals surface area contributed by atoms with Gasteiger partial charge in [0, 0.05) is 44.0 Å². The van der Waals surface area contributed by atoms with E-state index in [9.17, 15) is 0 Å². The van der Waals surface area contributed by atoms with Crippen LogP contribution in [-0.4, -0.2) is 41.6 Å². The highest BCUT2D eigenvalue weighted by atomic mass is 16.5. The number of hydrogen-bond acceptors (Lipinski definition) is 5. The summed E-state index contributed by atoms with van der Waals surface area (Å²) in [4.78, 5) is 2.15. The lowest BCUT2D eigenvalue weighted by atomic mass is 10.2. The standard InChI is InChI=1S/C12H21N5O/c13-9-7-16(8-10(9)14)11-4-5-17(15-11)12-3-1-2-6-18-12/h4-5,9-10,12H,1-3,6-8,13-14H2. The first-order valence-electron chi connectivity index (χ1n) is 6.67. The Labute approximate surface area is 107 Å². The molecular weight excluding hydrogens is 230 g/mol. The molecule has 3 heterocycles. The van der Waals surface area contributed by atoms with E-state index in [1.54, 1.807) is 0 Å². The molecule has 3 atom stereocenters. The third-order valence-corrected chi connectivity index (χ3v) is 3.78. The van der Waals surface area contributed by atoms with Gasteiger partial charge in [0.1, 0.15) is 6.23 Å². The number of nitrogens with two attached hydrogens (primary N) is 2. The van der Waals surface area contributed by atoms with E-state index in [4.69, 9.17) is 16.2 Å². The minimum Gasteiger partial charge on any atom is -0.357 e. The minimum absolute atomic E-state index is 0.0427. The molecule has 0 aromatic carbocycles. The molecule has 6 nitrogen and oxygen atoms in total. The van der Waals surface area contributed by atoms with Crippen LogP contribution in [0.3, 0.4) is 0 Å². The summed E-state index contributed by atoms with van der Waals surface area (Å²) in [5.41, 5.74) is 11.9. The van der Waals surface area contributed by atoms with Crippen molar-refractivity contribution < 1.29 is 4.74 Å². The SMILES string of the molecule is NC1CN(c2ccn(C3CCCCO3)n2)CC1N. The van der Waals surface area contributed by atoms with Crippen molar-refractivity contribution in [3.63, 3.8) is 0 Å². The molecule has 18 heavy (non-hydrogen) atoms. The van der Waals surface area contributed by atoms with Crippen molar-refractivity contribution >= 4 is 5.82 Å². The van der Waals surface area contributed by atoms with E-state index >= 15 is 0 Å². The van der Waals surface area contributed by atoms with Gasteiger partial charge in [-0.05, 0) is 19.3 Å². The lowest BCUT2D eigenvalue weighted by Crippen LogP contribution is -2.39. The maximum Gasteiger partial charge on any atom is 0.150 e. The number of aromatic nitrogens is 2. The predicted molar refractivity (Wildman–Crippen MR) is 69.2 cm³/mol. The first-order valence-corrected chi connectivity index (χ1v) is 6.67. The highest BCUT2D eigenvalue weighted by molar-refractivity contribution is 5.40. The third-order valence-electron chi connectivity index (χ3n) is 3.78. The van der Waals surface area contributed by atoms with Gasteiger partial charge in [-0.2, -0.15) is 5.10 Å². The zero-order valence-electron chi connectivity index (χ0n) is 10.5. The Bertz CT molecular complexity index is 391. The molecule has 0 bridgehead atoms. The first kappa shape index (κ1) is 12.0. The second kappa shape index (κ2) is 4.87. The number of nitrogens with zero attached hydrogens (tertiary/aromatic N) is 3. The molecule has 1 aromatic heterocycles. The highest BCUT2D eigenvalue weighted by Gasteiger charge is 2.28. The number of anilines is 1. The normalized spacial score (nSPS) is 33.0. The van der Waals surface area contributed by atoms with E-state index in [-0.39, 0.29) is 18.3 Å². The van der Waals surface area contributed by atoms with E-state index in [0.717, 1.165) is 38.4 Å². The largest absolute Gasteiger partial charge is 0.357 e. The van der Waals surface area contributed by atoms with Gasteiger partial charge in [-0.1, -0.05) is 0 Å². The highest BCUT2D eigenvalue weighted by Crippen LogP contribution is 2.24. The van der Waals surface area contributed by atoms with Gasteiger partial charge in [0.15, 0.2) is 5.82 Å². The lowest BCUT2D eigenvalue weighted by molar-refractivity contribution is -0.0393. The third kappa shape index (κ3) is 2.23. The first-order chi connectivity index (χ1) is 8.74. The molecule has 2 aliphatic rings. The van der Waals surface area contributed by atoms with E-state index in [1.807, 2.05) is 16.9 Å². The second-order valence-electron chi connectivity index (χ2n) is 5.21. The van der Waals surface area contributed by atoms with Gasteiger partial charge in [-0.3, -0.25) is 0 Å². The molecule has 6 heteroatoms. The quantitative estimate of drug-likeness (QED) is 0.776. The summed E-state index contributed by atoms with van der Waals surface area (Å²) in [6.45, 7) is 2.40. The molecule has 4 N–H and O–H groups in total. The van der Waals surface area contributed by atoms with Crippen molar-refractivity contribution in [2.75, 3.05) is 24.6 Å². The van der Waals surface area contributed by atoms with Crippen molar-refractivity contribution in [2.45, 2.75) is 37.6 Å². The smallest absolute Gasteiger partial charge is 0.150 e. The molecule has 100 valence electrons. The fourth-order valence-corrected chi connectivity index (χ4v) is 2.63. The van der Waals surface area contributed by atoms with Gasteiger partial charge in [0.05, 0.1) is 0 Å². The second-order valence-corrected chi connectivity index (χ2v) is 5.21. The van der Waals surface area contributed by atoms with Gasteiger partial charge >= 0.3 is 0 Å². The summed E-state index contributed by atoms with van der Waals surface area (Å²) in [6, 6.07) is 2.10. The topological polar surface area (TPSA) is 82.3 Å². The average Bonchev–Trinajstić information content (AvgIpc) is 2.99. The summed E-state index contributed by atoms with van der Waals surface area (Å²) >= 11 is 0. The average molecular weight is 251 g/mol. The number of rotatable bonds is 2. The zero-order chi connectivity index (χ0) is 12.5. The molecule has 0 radical (unpaired) electrons. The Kier molecular flexibility index (Phi) is 3.23. The maximum absolute atomic E-state index is 5.93. The summed E-state index contributed by atoms with van der Waals surface area (Å²) in [7, 11) is 0. The summed E-state index contributed by atoms with van der Waals surface area (Å²) in [5, 5.41) is 4.59. The van der Waals surface area contributed by atoms with Gasteiger partial charge < -0.3 is 21.1 Å². The Morgan fingerprint density at radius 3 is 2.67 bits per heavy atom. The Morgan fingerprint density at radius 1 is 1.22 bits per heavy atom. The van der Waals surface area contributed by atoms with Crippen LogP contribution in [0.2, 0.25) is 0 Å². The van der Waals surface area contributed by atoms with Crippen LogP contribution in [0.5, 0.6) is 0 Å². The lowest BCUT2D eigenvalue weighted by Gasteiger charge is -2.23. The number of hydrogen-bond donors (Lipinski definition) is 2. The molecule has 1 aromatic rings. The molecule has 2 fully saturated rings. The monoisotopic (exact) mass is 251 g/mol. The summed E-state index contributed by atoms with van der Waals surface area (Å²) in [5.74, 6) is 0.951. The number of ether oxygens (including phenoxy) is 1. The van der Waals surface area contributed by atoms with E-state index < -0.39 is 0 Å². The van der Waals surface area contributed by atoms with Crippen molar-refractivity contribution in [3.8, 4) is 0 Å². The van der Waals surface area contributed by atoms with Gasteiger partial charge in [0.25, 0.3) is 0 Å². The van der Waals surface area contributed by atoms with E-state index in [1.165, 1.54) is 6.42 Å². The Hall–Kier alpha value is -1.11. The van der Waals surface area contributed by atoms with Crippen LogP contribution in [0, 0.1) is 0 Å². The molecule has 3 rings (SSSR count).